The minimum absolute atomic E-state index is 0.313. The number of alkyl halides is 3. The summed E-state index contributed by atoms with van der Waals surface area (Å²) in [5, 5.41) is 8.45. The highest BCUT2D eigenvalue weighted by Crippen LogP contribution is 2.22. The van der Waals surface area contributed by atoms with Gasteiger partial charge >= 0.3 is 12.3 Å². The fraction of sp³-hybridized carbons (Fsp3) is 0.125. The molecule has 14 heavy (non-hydrogen) atoms. The first-order chi connectivity index (χ1) is 6.38. The van der Waals surface area contributed by atoms with Crippen LogP contribution in [-0.4, -0.2) is 17.4 Å². The lowest BCUT2D eigenvalue weighted by molar-refractivity contribution is -0.274. The smallest absolute Gasteiger partial charge is 0.478 e. The predicted octanol–water partition coefficient (Wildman–Crippen LogP) is 2.08. The van der Waals surface area contributed by atoms with Crippen molar-refractivity contribution in [1.82, 2.24) is 0 Å². The molecule has 1 aromatic carbocycles. The summed E-state index contributed by atoms with van der Waals surface area (Å²) in [6.45, 7) is 0. The summed E-state index contributed by atoms with van der Waals surface area (Å²) in [7, 11) is 0. The molecule has 3 nitrogen and oxygen atoms in total. The third kappa shape index (κ3) is 2.96. The molecule has 0 heterocycles. The van der Waals surface area contributed by atoms with Crippen LogP contribution in [0.25, 0.3) is 0 Å². The second kappa shape index (κ2) is 3.57. The van der Waals surface area contributed by atoms with Gasteiger partial charge < -0.3 is 9.84 Å². The van der Waals surface area contributed by atoms with E-state index in [2.05, 4.69) is 10.8 Å². The van der Waals surface area contributed by atoms with Crippen LogP contribution in [0.3, 0.4) is 0 Å². The summed E-state index contributed by atoms with van der Waals surface area (Å²) in [4.78, 5) is 10.4. The molecular formula is C8H4F3O3. The van der Waals surface area contributed by atoms with Gasteiger partial charge in [-0.25, -0.2) is 4.79 Å². The van der Waals surface area contributed by atoms with Crippen molar-refractivity contribution >= 4 is 5.97 Å². The Balaban J connectivity index is 2.89. The molecule has 1 N–H and O–H groups in total. The van der Waals surface area contributed by atoms with Crippen LogP contribution < -0.4 is 4.74 Å². The van der Waals surface area contributed by atoms with E-state index >= 15 is 0 Å². The maximum atomic E-state index is 11.7. The maximum absolute atomic E-state index is 11.7. The SMILES string of the molecule is O=C(O)c1c[c]cc(OC(F)(F)F)c1. The molecular weight excluding hydrogens is 201 g/mol. The molecule has 6 heteroatoms. The zero-order valence-corrected chi connectivity index (χ0v) is 6.63. The molecule has 0 atom stereocenters. The van der Waals surface area contributed by atoms with E-state index in [1.54, 1.807) is 0 Å². The van der Waals surface area contributed by atoms with Crippen molar-refractivity contribution in [3.63, 3.8) is 0 Å². The Bertz CT molecular complexity index is 346. The number of rotatable bonds is 2. The van der Waals surface area contributed by atoms with Crippen LogP contribution in [0, 0.1) is 6.07 Å². The van der Waals surface area contributed by atoms with Crippen molar-refractivity contribution in [3.8, 4) is 5.75 Å². The first-order valence-electron chi connectivity index (χ1n) is 3.38. The van der Waals surface area contributed by atoms with E-state index in [1.807, 2.05) is 0 Å². The third-order valence-electron chi connectivity index (χ3n) is 1.24. The molecule has 1 rings (SSSR count). The zero-order valence-electron chi connectivity index (χ0n) is 6.63. The average Bonchev–Trinajstić information content (AvgIpc) is 2.01. The average molecular weight is 205 g/mol. The normalized spacial score (nSPS) is 11.1. The van der Waals surface area contributed by atoms with Gasteiger partial charge in [0.1, 0.15) is 5.75 Å². The number of benzene rings is 1. The van der Waals surface area contributed by atoms with E-state index in [0.29, 0.717) is 0 Å². The number of ether oxygens (including phenoxy) is 1. The van der Waals surface area contributed by atoms with Crippen molar-refractivity contribution < 1.29 is 27.8 Å². The Kier molecular flexibility index (Phi) is 2.64. The molecule has 0 bridgehead atoms. The molecule has 0 amide bonds. The van der Waals surface area contributed by atoms with Crippen LogP contribution in [0.5, 0.6) is 5.75 Å². The Labute approximate surface area is 76.7 Å². The highest BCUT2D eigenvalue weighted by Gasteiger charge is 2.31. The lowest BCUT2D eigenvalue weighted by atomic mass is 10.2. The quantitative estimate of drug-likeness (QED) is 0.803. The number of aromatic carboxylic acids is 1. The summed E-state index contributed by atoms with van der Waals surface area (Å²) < 4.78 is 38.6. The lowest BCUT2D eigenvalue weighted by Gasteiger charge is -2.08. The molecule has 1 radical (unpaired) electrons. The standard InChI is InChI=1S/C8H4F3O3/c9-8(10,11)14-6-3-1-2-5(4-6)7(12)13/h2-4H,(H,12,13). The highest BCUT2D eigenvalue weighted by atomic mass is 19.4. The van der Waals surface area contributed by atoms with E-state index < -0.39 is 18.1 Å². The molecule has 0 aliphatic carbocycles. The minimum atomic E-state index is -4.83. The van der Waals surface area contributed by atoms with Crippen molar-refractivity contribution in [3.05, 3.63) is 29.8 Å². The molecule has 0 saturated carbocycles. The van der Waals surface area contributed by atoms with E-state index in [9.17, 15) is 18.0 Å². The number of carboxylic acid groups (broad SMARTS) is 1. The topological polar surface area (TPSA) is 46.5 Å². The Hall–Kier alpha value is -1.72. The van der Waals surface area contributed by atoms with E-state index in [0.717, 1.165) is 18.2 Å². The summed E-state index contributed by atoms with van der Waals surface area (Å²) in [5.74, 6) is -1.94. The van der Waals surface area contributed by atoms with Gasteiger partial charge in [0.25, 0.3) is 0 Å². The molecule has 0 aliphatic rings. The first kappa shape index (κ1) is 10.4. The summed E-state index contributed by atoms with van der Waals surface area (Å²) in [6, 6.07) is 4.95. The van der Waals surface area contributed by atoms with Crippen LogP contribution >= 0.6 is 0 Å². The highest BCUT2D eigenvalue weighted by molar-refractivity contribution is 5.87. The van der Waals surface area contributed by atoms with Gasteiger partial charge in [-0.15, -0.1) is 13.2 Å². The van der Waals surface area contributed by atoms with Crippen LogP contribution in [-0.2, 0) is 0 Å². The van der Waals surface area contributed by atoms with Gasteiger partial charge in [0.2, 0.25) is 0 Å². The second-order valence-corrected chi connectivity index (χ2v) is 2.31. The molecule has 0 saturated heterocycles. The molecule has 0 aromatic heterocycles. The van der Waals surface area contributed by atoms with E-state index in [-0.39, 0.29) is 5.56 Å². The minimum Gasteiger partial charge on any atom is -0.478 e. The van der Waals surface area contributed by atoms with Crippen LogP contribution in [0.15, 0.2) is 18.2 Å². The Morgan fingerprint density at radius 2 is 2.07 bits per heavy atom. The Morgan fingerprint density at radius 1 is 1.43 bits per heavy atom. The van der Waals surface area contributed by atoms with Crippen LogP contribution in [0.2, 0.25) is 0 Å². The van der Waals surface area contributed by atoms with Crippen molar-refractivity contribution in [2.24, 2.45) is 0 Å². The maximum Gasteiger partial charge on any atom is 0.573 e. The molecule has 0 fully saturated rings. The fourth-order valence-corrected chi connectivity index (χ4v) is 0.766. The van der Waals surface area contributed by atoms with Gasteiger partial charge in [0.15, 0.2) is 0 Å². The van der Waals surface area contributed by atoms with Crippen LogP contribution in [0.4, 0.5) is 13.2 Å². The predicted molar refractivity (Wildman–Crippen MR) is 38.9 cm³/mol. The molecule has 1 aromatic rings. The van der Waals surface area contributed by atoms with E-state index in [1.165, 1.54) is 0 Å². The number of hydrogen-bond acceptors (Lipinski definition) is 2. The third-order valence-corrected chi connectivity index (χ3v) is 1.24. The van der Waals surface area contributed by atoms with Crippen molar-refractivity contribution in [1.29, 1.82) is 0 Å². The van der Waals surface area contributed by atoms with Gasteiger partial charge in [0.05, 0.1) is 5.56 Å². The number of halogens is 3. The molecule has 75 valence electrons. The lowest BCUT2D eigenvalue weighted by Crippen LogP contribution is -2.17. The zero-order chi connectivity index (χ0) is 10.8. The summed E-state index contributed by atoms with van der Waals surface area (Å²) in [6.07, 6.45) is -4.83. The second-order valence-electron chi connectivity index (χ2n) is 2.31. The number of hydrogen-bond donors (Lipinski definition) is 1. The van der Waals surface area contributed by atoms with Gasteiger partial charge in [-0.05, 0) is 24.3 Å². The largest absolute Gasteiger partial charge is 0.573 e. The van der Waals surface area contributed by atoms with Gasteiger partial charge in [-0.2, -0.15) is 0 Å². The molecule has 0 spiro atoms. The van der Waals surface area contributed by atoms with Gasteiger partial charge in [0, 0.05) is 0 Å². The number of carboxylic acids is 1. The molecule has 0 unspecified atom stereocenters. The van der Waals surface area contributed by atoms with Crippen LogP contribution in [0.1, 0.15) is 10.4 Å². The summed E-state index contributed by atoms with van der Waals surface area (Å²) in [5.41, 5.74) is -0.313. The van der Waals surface area contributed by atoms with Gasteiger partial charge in [-0.3, -0.25) is 0 Å². The van der Waals surface area contributed by atoms with E-state index in [4.69, 9.17) is 5.11 Å². The summed E-state index contributed by atoms with van der Waals surface area (Å²) >= 11 is 0. The van der Waals surface area contributed by atoms with Gasteiger partial charge in [-0.1, -0.05) is 0 Å². The Morgan fingerprint density at radius 3 is 2.57 bits per heavy atom. The monoisotopic (exact) mass is 205 g/mol. The molecule has 0 aliphatic heterocycles. The fourth-order valence-electron chi connectivity index (χ4n) is 0.766. The number of carbonyl (C=O) groups is 1. The van der Waals surface area contributed by atoms with Crippen molar-refractivity contribution in [2.45, 2.75) is 6.36 Å². The van der Waals surface area contributed by atoms with Crippen molar-refractivity contribution in [2.75, 3.05) is 0 Å². The first-order valence-corrected chi connectivity index (χ1v) is 3.38.